The highest BCUT2D eigenvalue weighted by Gasteiger charge is 2.26. The van der Waals surface area contributed by atoms with Crippen molar-refractivity contribution in [2.24, 2.45) is 5.73 Å². The molecule has 11 nitrogen and oxygen atoms in total. The number of furan rings is 1. The molecule has 0 fully saturated rings. The van der Waals surface area contributed by atoms with E-state index in [0.717, 1.165) is 57.8 Å². The molecule has 0 radical (unpaired) electrons. The number of allylic oxidation sites excluding steroid dienone is 8. The van der Waals surface area contributed by atoms with Crippen LogP contribution in [0.25, 0.3) is 0 Å². The fourth-order valence-electron chi connectivity index (χ4n) is 6.59. The highest BCUT2D eigenvalue weighted by molar-refractivity contribution is 7.47. The number of rotatable bonds is 40. The number of carbonyl (C=O) groups is 3. The van der Waals surface area contributed by atoms with Gasteiger partial charge in [-0.25, -0.2) is 4.57 Å². The summed E-state index contributed by atoms with van der Waals surface area (Å²) in [6.45, 7) is 7.75. The third-order valence-corrected chi connectivity index (χ3v) is 11.4. The van der Waals surface area contributed by atoms with Crippen LogP contribution in [-0.4, -0.2) is 55.1 Å². The molecule has 0 saturated carbocycles. The number of hydrogen-bond acceptors (Lipinski definition) is 10. The van der Waals surface area contributed by atoms with Gasteiger partial charge in [-0.05, 0) is 82.4 Å². The van der Waals surface area contributed by atoms with Gasteiger partial charge in [0.15, 0.2) is 11.9 Å². The van der Waals surface area contributed by atoms with E-state index in [2.05, 4.69) is 52.0 Å². The predicted octanol–water partition coefficient (Wildman–Crippen LogP) is 12.3. The van der Waals surface area contributed by atoms with Gasteiger partial charge < -0.3 is 24.5 Å². The van der Waals surface area contributed by atoms with Gasteiger partial charge in [0.05, 0.1) is 13.2 Å². The zero-order chi connectivity index (χ0) is 44.8. The standard InChI is InChI=1S/C49H82NO10P/c1-5-7-9-10-11-12-13-14-15-18-21-24-28-32-44(51)33-31-37-49(53)59-45(41-58-61(54,55)57-39-38-50)40-56-48(52)36-30-26-23-20-17-16-19-22-25-29-35-47-43(4)42(3)46(60-47)34-27-8-6-2/h11-12,14-15,21,24,28,32,45H,5-10,13,16-20,22-23,25-27,29-31,33-41,50H2,1-4H3,(H,54,55)/b12-11-,15-14-,24-21-,32-28+/t45-/m1/s1. The third-order valence-electron chi connectivity index (χ3n) is 10.4. The zero-order valence-corrected chi connectivity index (χ0v) is 39.2. The molecule has 1 aromatic heterocycles. The lowest BCUT2D eigenvalue weighted by atomic mass is 10.0. The van der Waals surface area contributed by atoms with E-state index >= 15 is 0 Å². The van der Waals surface area contributed by atoms with Crippen molar-refractivity contribution in [1.82, 2.24) is 0 Å². The molecule has 0 aliphatic rings. The van der Waals surface area contributed by atoms with Crippen LogP contribution in [0.5, 0.6) is 0 Å². The Bertz CT molecular complexity index is 1480. The molecule has 0 spiro atoms. The second-order valence-electron chi connectivity index (χ2n) is 15.9. The van der Waals surface area contributed by atoms with Crippen molar-refractivity contribution < 1.29 is 46.8 Å². The van der Waals surface area contributed by atoms with E-state index in [0.29, 0.717) is 6.42 Å². The average Bonchev–Trinajstić information content (AvgIpc) is 3.50. The molecule has 1 rings (SSSR count). The molecule has 12 heteroatoms. The van der Waals surface area contributed by atoms with Crippen molar-refractivity contribution in [2.45, 2.75) is 194 Å². The molecule has 0 bridgehead atoms. The summed E-state index contributed by atoms with van der Waals surface area (Å²) in [5, 5.41) is 0. The molecule has 348 valence electrons. The van der Waals surface area contributed by atoms with Crippen molar-refractivity contribution in [3.8, 4) is 0 Å². The topological polar surface area (TPSA) is 165 Å². The van der Waals surface area contributed by atoms with Crippen LogP contribution in [0.1, 0.15) is 184 Å². The van der Waals surface area contributed by atoms with Crippen molar-refractivity contribution in [1.29, 1.82) is 0 Å². The summed E-state index contributed by atoms with van der Waals surface area (Å²) < 4.78 is 38.9. The summed E-state index contributed by atoms with van der Waals surface area (Å²) in [5.41, 5.74) is 8.01. The number of aryl methyl sites for hydroxylation is 2. The Morgan fingerprint density at radius 3 is 1.85 bits per heavy atom. The van der Waals surface area contributed by atoms with Gasteiger partial charge in [0.25, 0.3) is 0 Å². The minimum absolute atomic E-state index is 0.0100. The third kappa shape index (κ3) is 31.4. The molecule has 0 aliphatic carbocycles. The summed E-state index contributed by atoms with van der Waals surface area (Å²) in [6, 6.07) is 0. The number of carbonyl (C=O) groups excluding carboxylic acids is 3. The van der Waals surface area contributed by atoms with E-state index in [1.54, 1.807) is 6.08 Å². The van der Waals surface area contributed by atoms with Gasteiger partial charge in [0, 0.05) is 38.6 Å². The van der Waals surface area contributed by atoms with Crippen molar-refractivity contribution >= 4 is 25.5 Å². The highest BCUT2D eigenvalue weighted by Crippen LogP contribution is 2.43. The Balaban J connectivity index is 2.29. The second kappa shape index (κ2) is 37.5. The number of nitrogens with two attached hydrogens (primary N) is 1. The Morgan fingerprint density at radius 2 is 1.21 bits per heavy atom. The molecule has 2 atom stereocenters. The molecule has 61 heavy (non-hydrogen) atoms. The largest absolute Gasteiger partial charge is 0.472 e. The Kier molecular flexibility index (Phi) is 34.4. The van der Waals surface area contributed by atoms with E-state index in [1.807, 2.05) is 12.2 Å². The molecule has 0 aliphatic heterocycles. The molecule has 1 aromatic rings. The van der Waals surface area contributed by atoms with Gasteiger partial charge in [-0.2, -0.15) is 0 Å². The van der Waals surface area contributed by atoms with Crippen LogP contribution >= 0.6 is 7.82 Å². The number of unbranched alkanes of at least 4 members (excludes halogenated alkanes) is 14. The van der Waals surface area contributed by atoms with E-state index in [-0.39, 0.29) is 51.2 Å². The summed E-state index contributed by atoms with van der Waals surface area (Å²) in [5.74, 6) is 1.13. The van der Waals surface area contributed by atoms with Crippen LogP contribution in [0.15, 0.2) is 53.0 Å². The van der Waals surface area contributed by atoms with Crippen molar-refractivity contribution in [2.75, 3.05) is 26.4 Å². The van der Waals surface area contributed by atoms with Crippen LogP contribution in [0.3, 0.4) is 0 Å². The van der Waals surface area contributed by atoms with Crippen LogP contribution in [-0.2, 0) is 50.3 Å². The lowest BCUT2D eigenvalue weighted by molar-refractivity contribution is -0.161. The Hall–Kier alpha value is -3.08. The molecule has 0 amide bonds. The maximum atomic E-state index is 12.6. The normalized spacial score (nSPS) is 13.5. The maximum absolute atomic E-state index is 12.6. The van der Waals surface area contributed by atoms with Crippen LogP contribution < -0.4 is 5.73 Å². The van der Waals surface area contributed by atoms with Crippen LogP contribution in [0.2, 0.25) is 0 Å². The summed E-state index contributed by atoms with van der Waals surface area (Å²) in [4.78, 5) is 47.3. The van der Waals surface area contributed by atoms with Crippen LogP contribution in [0.4, 0.5) is 0 Å². The number of phosphoric acid groups is 1. The number of ketones is 1. The lowest BCUT2D eigenvalue weighted by Crippen LogP contribution is -2.29. The number of esters is 2. The van der Waals surface area contributed by atoms with Gasteiger partial charge in [-0.15, -0.1) is 0 Å². The average molecular weight is 876 g/mol. The van der Waals surface area contributed by atoms with Gasteiger partial charge in [-0.3, -0.25) is 23.4 Å². The van der Waals surface area contributed by atoms with E-state index in [4.69, 9.17) is 28.7 Å². The number of phosphoric ester groups is 1. The lowest BCUT2D eigenvalue weighted by Gasteiger charge is -2.19. The highest BCUT2D eigenvalue weighted by atomic mass is 31.2. The molecular weight excluding hydrogens is 794 g/mol. The molecule has 1 heterocycles. The monoisotopic (exact) mass is 876 g/mol. The molecular formula is C49H82NO10P. The molecule has 3 N–H and O–H groups in total. The van der Waals surface area contributed by atoms with Crippen LogP contribution in [0, 0.1) is 13.8 Å². The number of hydrogen-bond donors (Lipinski definition) is 2. The van der Waals surface area contributed by atoms with E-state index in [9.17, 15) is 23.8 Å². The smallest absolute Gasteiger partial charge is 0.466 e. The Labute approximate surface area is 369 Å². The second-order valence-corrected chi connectivity index (χ2v) is 17.3. The minimum atomic E-state index is -4.46. The van der Waals surface area contributed by atoms with E-state index in [1.165, 1.54) is 99.4 Å². The van der Waals surface area contributed by atoms with Gasteiger partial charge >= 0.3 is 19.8 Å². The molecule has 0 saturated heterocycles. The molecule has 1 unspecified atom stereocenters. The number of ether oxygens (including phenoxy) is 2. The van der Waals surface area contributed by atoms with E-state index < -0.39 is 32.5 Å². The summed E-state index contributed by atoms with van der Waals surface area (Å²) >= 11 is 0. The summed E-state index contributed by atoms with van der Waals surface area (Å²) in [7, 11) is -4.46. The Morgan fingerprint density at radius 1 is 0.656 bits per heavy atom. The first kappa shape index (κ1) is 55.9. The first-order valence-electron chi connectivity index (χ1n) is 23.4. The first-order chi connectivity index (χ1) is 29.5. The summed E-state index contributed by atoms with van der Waals surface area (Å²) in [6.07, 6.45) is 38.2. The first-order valence-corrected chi connectivity index (χ1v) is 24.9. The quantitative estimate of drug-likeness (QED) is 0.0161. The van der Waals surface area contributed by atoms with Gasteiger partial charge in [0.2, 0.25) is 0 Å². The van der Waals surface area contributed by atoms with Gasteiger partial charge in [0.1, 0.15) is 18.1 Å². The maximum Gasteiger partial charge on any atom is 0.472 e. The zero-order valence-electron chi connectivity index (χ0n) is 38.3. The fourth-order valence-corrected chi connectivity index (χ4v) is 7.35. The van der Waals surface area contributed by atoms with Crippen molar-refractivity contribution in [3.63, 3.8) is 0 Å². The minimum Gasteiger partial charge on any atom is -0.466 e. The van der Waals surface area contributed by atoms with Gasteiger partial charge in [-0.1, -0.05) is 133 Å². The SMILES string of the molecule is CCCCC/C=C\C/C=C\C/C=C\C=C\C(=O)CCCC(=O)O[C@H](COC(=O)CCCCCCCCCCCCc1oc(CCCCC)c(C)c1C)COP(=O)(O)OCCN. The van der Waals surface area contributed by atoms with Crippen molar-refractivity contribution in [3.05, 3.63) is 71.3 Å². The fraction of sp³-hybridized carbons (Fsp3) is 0.694. The molecule has 0 aromatic carbocycles. The predicted molar refractivity (Wildman–Crippen MR) is 246 cm³/mol.